The van der Waals surface area contributed by atoms with Gasteiger partial charge in [-0.15, -0.1) is 11.3 Å². The van der Waals surface area contributed by atoms with Crippen LogP contribution in [0.15, 0.2) is 41.2 Å². The normalized spacial score (nSPS) is 11.1. The van der Waals surface area contributed by atoms with Gasteiger partial charge < -0.3 is 15.3 Å². The second kappa shape index (κ2) is 5.97. The smallest absolute Gasteiger partial charge is 0.321 e. The van der Waals surface area contributed by atoms with E-state index in [0.717, 1.165) is 11.3 Å². The van der Waals surface area contributed by atoms with Gasteiger partial charge in [-0.3, -0.25) is 14.9 Å². The summed E-state index contributed by atoms with van der Waals surface area (Å²) in [7, 11) is 0. The SMILES string of the molecule is O=C(Nc1ccc2[nH]c(=O)[nH]c2c1)c1sc2c([N+](=O)[O-])cccc2c1Cl. The molecule has 2 aromatic carbocycles. The van der Waals surface area contributed by atoms with Crippen molar-refractivity contribution in [1.29, 1.82) is 0 Å². The van der Waals surface area contributed by atoms with E-state index in [1.807, 2.05) is 0 Å². The average Bonchev–Trinajstić information content (AvgIpc) is 3.13. The molecule has 2 heterocycles. The van der Waals surface area contributed by atoms with Crippen LogP contribution in [-0.4, -0.2) is 20.8 Å². The first-order valence-corrected chi connectivity index (χ1v) is 8.52. The van der Waals surface area contributed by atoms with Gasteiger partial charge in [0.2, 0.25) is 0 Å². The van der Waals surface area contributed by atoms with Crippen molar-refractivity contribution in [2.45, 2.75) is 0 Å². The number of amides is 1. The number of carbonyl (C=O) groups is 1. The molecule has 26 heavy (non-hydrogen) atoms. The van der Waals surface area contributed by atoms with Crippen LogP contribution in [-0.2, 0) is 0 Å². The number of carbonyl (C=O) groups excluding carboxylic acids is 1. The summed E-state index contributed by atoms with van der Waals surface area (Å²) in [6, 6.07) is 9.42. The van der Waals surface area contributed by atoms with Gasteiger partial charge in [0, 0.05) is 17.1 Å². The lowest BCUT2D eigenvalue weighted by atomic mass is 10.2. The topological polar surface area (TPSA) is 121 Å². The van der Waals surface area contributed by atoms with Crippen molar-refractivity contribution in [1.82, 2.24) is 9.97 Å². The lowest BCUT2D eigenvalue weighted by Crippen LogP contribution is -2.10. The third-order valence-corrected chi connectivity index (χ3v) is 5.54. The van der Waals surface area contributed by atoms with Crippen LogP contribution in [0.1, 0.15) is 9.67 Å². The van der Waals surface area contributed by atoms with Gasteiger partial charge >= 0.3 is 5.69 Å². The summed E-state index contributed by atoms with van der Waals surface area (Å²) >= 11 is 7.23. The molecular formula is C16H9ClN4O4S. The monoisotopic (exact) mass is 388 g/mol. The van der Waals surface area contributed by atoms with Crippen LogP contribution >= 0.6 is 22.9 Å². The van der Waals surface area contributed by atoms with E-state index in [4.69, 9.17) is 11.6 Å². The highest BCUT2D eigenvalue weighted by Gasteiger charge is 2.22. The second-order valence-corrected chi connectivity index (χ2v) is 6.85. The number of nitrogens with one attached hydrogen (secondary N) is 3. The molecule has 0 atom stereocenters. The number of anilines is 1. The fourth-order valence-electron chi connectivity index (χ4n) is 2.66. The lowest BCUT2D eigenvalue weighted by Gasteiger charge is -2.04. The number of hydrogen-bond acceptors (Lipinski definition) is 5. The summed E-state index contributed by atoms with van der Waals surface area (Å²) in [5.41, 5.74) is 1.18. The highest BCUT2D eigenvalue weighted by Crippen LogP contribution is 2.40. The summed E-state index contributed by atoms with van der Waals surface area (Å²) in [4.78, 5) is 39.9. The molecule has 0 fully saturated rings. The van der Waals surface area contributed by atoms with Crippen molar-refractivity contribution >= 4 is 61.3 Å². The van der Waals surface area contributed by atoms with Gasteiger partial charge in [0.1, 0.15) is 9.58 Å². The molecule has 0 bridgehead atoms. The third-order valence-electron chi connectivity index (χ3n) is 3.81. The number of H-pyrrole nitrogens is 2. The summed E-state index contributed by atoms with van der Waals surface area (Å²) in [5, 5.41) is 14.5. The molecule has 0 saturated heterocycles. The zero-order chi connectivity index (χ0) is 18.4. The maximum atomic E-state index is 12.6. The minimum atomic E-state index is -0.507. The fourth-order valence-corrected chi connectivity index (χ4v) is 4.15. The van der Waals surface area contributed by atoms with E-state index in [1.165, 1.54) is 12.1 Å². The number of benzene rings is 2. The van der Waals surface area contributed by atoms with Crippen molar-refractivity contribution in [3.63, 3.8) is 0 Å². The largest absolute Gasteiger partial charge is 0.323 e. The Morgan fingerprint density at radius 1 is 1.19 bits per heavy atom. The summed E-state index contributed by atoms with van der Waals surface area (Å²) in [6.45, 7) is 0. The molecule has 0 radical (unpaired) electrons. The Labute approximate surface area is 153 Å². The number of non-ortho nitro benzene ring substituents is 1. The summed E-state index contributed by atoms with van der Waals surface area (Å²) < 4.78 is 0.345. The molecule has 4 aromatic rings. The predicted molar refractivity (Wildman–Crippen MR) is 100 cm³/mol. The first-order chi connectivity index (χ1) is 12.4. The molecular weight excluding hydrogens is 380 g/mol. The number of aromatic amines is 2. The quantitative estimate of drug-likeness (QED) is 0.364. The number of nitrogens with zero attached hydrogens (tertiary/aromatic N) is 1. The van der Waals surface area contributed by atoms with Crippen LogP contribution in [0.5, 0.6) is 0 Å². The van der Waals surface area contributed by atoms with E-state index in [-0.39, 0.29) is 21.3 Å². The zero-order valence-electron chi connectivity index (χ0n) is 12.8. The Balaban J connectivity index is 1.73. The van der Waals surface area contributed by atoms with E-state index in [1.54, 1.807) is 24.3 Å². The third kappa shape index (κ3) is 2.63. The van der Waals surface area contributed by atoms with Crippen LogP contribution in [0.3, 0.4) is 0 Å². The second-order valence-electron chi connectivity index (χ2n) is 5.45. The molecule has 0 spiro atoms. The van der Waals surface area contributed by atoms with Gasteiger partial charge in [0.15, 0.2) is 0 Å². The van der Waals surface area contributed by atoms with Crippen LogP contribution in [0, 0.1) is 10.1 Å². The molecule has 4 rings (SSSR count). The molecule has 0 saturated carbocycles. The molecule has 0 unspecified atom stereocenters. The number of hydrogen-bond donors (Lipinski definition) is 3. The van der Waals surface area contributed by atoms with Crippen LogP contribution in [0.2, 0.25) is 5.02 Å². The van der Waals surface area contributed by atoms with Gasteiger partial charge in [-0.1, -0.05) is 23.7 Å². The summed E-state index contributed by atoms with van der Waals surface area (Å²) in [5.74, 6) is -0.484. The molecule has 10 heteroatoms. The zero-order valence-corrected chi connectivity index (χ0v) is 14.4. The number of halogens is 1. The van der Waals surface area contributed by atoms with Gasteiger partial charge in [0.05, 0.1) is 21.0 Å². The first kappa shape index (κ1) is 16.3. The standard InChI is InChI=1S/C16H9ClN4O4S/c17-12-8-2-1-3-11(21(24)25)13(8)26-14(12)15(22)18-7-4-5-9-10(6-7)20-16(23)19-9/h1-6H,(H,18,22)(H2,19,20,23). The Hall–Kier alpha value is -3.17. The van der Waals surface area contributed by atoms with Crippen molar-refractivity contribution in [3.05, 3.63) is 66.9 Å². The van der Waals surface area contributed by atoms with Crippen LogP contribution in [0.25, 0.3) is 21.1 Å². The van der Waals surface area contributed by atoms with E-state index in [2.05, 4.69) is 15.3 Å². The highest BCUT2D eigenvalue weighted by atomic mass is 35.5. The van der Waals surface area contributed by atoms with Gasteiger partial charge in [-0.05, 0) is 18.2 Å². The maximum Gasteiger partial charge on any atom is 0.323 e. The minimum absolute atomic E-state index is 0.0974. The number of nitro benzene ring substituents is 1. The Morgan fingerprint density at radius 3 is 2.73 bits per heavy atom. The number of rotatable bonds is 3. The predicted octanol–water partition coefficient (Wildman–Crippen LogP) is 3.88. The van der Waals surface area contributed by atoms with Crippen molar-refractivity contribution in [2.24, 2.45) is 0 Å². The maximum absolute atomic E-state index is 12.6. The number of fused-ring (bicyclic) bond motifs is 2. The summed E-state index contributed by atoms with van der Waals surface area (Å²) in [6.07, 6.45) is 0. The molecule has 3 N–H and O–H groups in total. The van der Waals surface area contributed by atoms with Gasteiger partial charge in [-0.2, -0.15) is 0 Å². The van der Waals surface area contributed by atoms with Crippen LogP contribution in [0.4, 0.5) is 11.4 Å². The Kier molecular flexibility index (Phi) is 3.74. The first-order valence-electron chi connectivity index (χ1n) is 7.33. The fraction of sp³-hybridized carbons (Fsp3) is 0. The molecule has 130 valence electrons. The van der Waals surface area contributed by atoms with Gasteiger partial charge in [-0.25, -0.2) is 4.79 Å². The molecule has 8 nitrogen and oxygen atoms in total. The number of aromatic nitrogens is 2. The van der Waals surface area contributed by atoms with Gasteiger partial charge in [0.25, 0.3) is 11.6 Å². The highest BCUT2D eigenvalue weighted by molar-refractivity contribution is 7.22. The molecule has 0 aliphatic heterocycles. The minimum Gasteiger partial charge on any atom is -0.321 e. The van der Waals surface area contributed by atoms with E-state index in [0.29, 0.717) is 26.8 Å². The molecule has 0 aliphatic carbocycles. The van der Waals surface area contributed by atoms with Crippen molar-refractivity contribution < 1.29 is 9.72 Å². The number of imidazole rings is 1. The van der Waals surface area contributed by atoms with E-state index < -0.39 is 10.8 Å². The molecule has 0 aliphatic rings. The number of thiophene rings is 1. The Bertz CT molecular complexity index is 1260. The van der Waals surface area contributed by atoms with E-state index in [9.17, 15) is 19.7 Å². The van der Waals surface area contributed by atoms with Crippen LogP contribution < -0.4 is 11.0 Å². The van der Waals surface area contributed by atoms with E-state index >= 15 is 0 Å². The molecule has 2 aromatic heterocycles. The lowest BCUT2D eigenvalue weighted by molar-refractivity contribution is -0.382. The number of nitro groups is 1. The van der Waals surface area contributed by atoms with Crippen molar-refractivity contribution in [3.8, 4) is 0 Å². The average molecular weight is 389 g/mol. The molecule has 1 amide bonds. The van der Waals surface area contributed by atoms with Crippen molar-refractivity contribution in [2.75, 3.05) is 5.32 Å². The Morgan fingerprint density at radius 2 is 1.96 bits per heavy atom.